The molecule has 2 nitrogen and oxygen atoms in total. The molecule has 2 fully saturated rings. The van der Waals surface area contributed by atoms with Crippen molar-refractivity contribution in [2.24, 2.45) is 17.3 Å². The van der Waals surface area contributed by atoms with Gasteiger partial charge in [0.25, 0.3) is 0 Å². The predicted molar refractivity (Wildman–Crippen MR) is 88.0 cm³/mol. The summed E-state index contributed by atoms with van der Waals surface area (Å²) in [6.07, 6.45) is 8.40. The third-order valence-corrected chi connectivity index (χ3v) is 5.56. The Labute approximate surface area is 126 Å². The Hall–Kier alpha value is -0.0800. The Balaban J connectivity index is 1.98. The van der Waals surface area contributed by atoms with E-state index < -0.39 is 0 Å². The summed E-state index contributed by atoms with van der Waals surface area (Å²) in [5.41, 5.74) is 0.547. The zero-order chi connectivity index (χ0) is 14.6. The quantitative estimate of drug-likeness (QED) is 0.742. The van der Waals surface area contributed by atoms with Gasteiger partial charge in [-0.1, -0.05) is 33.6 Å². The van der Waals surface area contributed by atoms with Crippen molar-refractivity contribution in [1.82, 2.24) is 10.2 Å². The van der Waals surface area contributed by atoms with E-state index >= 15 is 0 Å². The molecule has 1 aliphatic carbocycles. The molecule has 0 aromatic carbocycles. The largest absolute Gasteiger partial charge is 0.316 e. The van der Waals surface area contributed by atoms with Gasteiger partial charge in [0.2, 0.25) is 0 Å². The number of likely N-dealkylation sites (tertiary alicyclic amines) is 1. The van der Waals surface area contributed by atoms with Crippen LogP contribution in [0.4, 0.5) is 0 Å². The van der Waals surface area contributed by atoms with Crippen molar-refractivity contribution in [1.29, 1.82) is 0 Å². The van der Waals surface area contributed by atoms with Gasteiger partial charge < -0.3 is 5.32 Å². The van der Waals surface area contributed by atoms with Crippen LogP contribution in [0.15, 0.2) is 0 Å². The van der Waals surface area contributed by atoms with Gasteiger partial charge in [-0.2, -0.15) is 0 Å². The molecule has 2 rings (SSSR count). The number of nitrogens with zero attached hydrogens (tertiary/aromatic N) is 1. The van der Waals surface area contributed by atoms with Crippen LogP contribution in [-0.2, 0) is 0 Å². The van der Waals surface area contributed by atoms with Gasteiger partial charge in [0.1, 0.15) is 0 Å². The van der Waals surface area contributed by atoms with Crippen molar-refractivity contribution >= 4 is 0 Å². The molecule has 2 aliphatic rings. The lowest BCUT2D eigenvalue weighted by atomic mass is 9.69. The summed E-state index contributed by atoms with van der Waals surface area (Å²) >= 11 is 0. The molecule has 1 N–H and O–H groups in total. The van der Waals surface area contributed by atoms with Crippen molar-refractivity contribution < 1.29 is 0 Å². The lowest BCUT2D eigenvalue weighted by molar-refractivity contribution is 0.0761. The highest BCUT2D eigenvalue weighted by Crippen LogP contribution is 2.41. The van der Waals surface area contributed by atoms with Crippen LogP contribution in [0.3, 0.4) is 0 Å². The fraction of sp³-hybridized carbons (Fsp3) is 1.00. The summed E-state index contributed by atoms with van der Waals surface area (Å²) in [5.74, 6) is 1.81. The molecule has 1 saturated carbocycles. The maximum Gasteiger partial charge on any atom is 0.00702 e. The summed E-state index contributed by atoms with van der Waals surface area (Å²) in [7, 11) is 0. The zero-order valence-electron chi connectivity index (χ0n) is 14.3. The fourth-order valence-electron chi connectivity index (χ4n) is 4.70. The number of hydrogen-bond acceptors (Lipinski definition) is 2. The highest BCUT2D eigenvalue weighted by molar-refractivity contribution is 4.93. The van der Waals surface area contributed by atoms with Crippen LogP contribution >= 0.6 is 0 Å². The first-order valence-electron chi connectivity index (χ1n) is 8.99. The average Bonchev–Trinajstić information content (AvgIpc) is 2.68. The van der Waals surface area contributed by atoms with Crippen molar-refractivity contribution in [2.45, 2.75) is 72.3 Å². The van der Waals surface area contributed by atoms with Crippen LogP contribution < -0.4 is 5.32 Å². The highest BCUT2D eigenvalue weighted by atomic mass is 15.2. The van der Waals surface area contributed by atoms with E-state index in [0.29, 0.717) is 5.41 Å². The van der Waals surface area contributed by atoms with E-state index in [2.05, 4.69) is 37.9 Å². The maximum absolute atomic E-state index is 3.74. The van der Waals surface area contributed by atoms with E-state index in [0.717, 1.165) is 17.9 Å². The minimum absolute atomic E-state index is 0.547. The van der Waals surface area contributed by atoms with Crippen molar-refractivity contribution in [3.63, 3.8) is 0 Å². The first-order valence-corrected chi connectivity index (χ1v) is 8.99. The molecule has 0 aromatic heterocycles. The zero-order valence-corrected chi connectivity index (χ0v) is 14.3. The minimum atomic E-state index is 0.547. The summed E-state index contributed by atoms with van der Waals surface area (Å²) in [4.78, 5) is 2.79. The van der Waals surface area contributed by atoms with Crippen LogP contribution in [0.2, 0.25) is 0 Å². The molecular weight excluding hydrogens is 244 g/mol. The van der Waals surface area contributed by atoms with Gasteiger partial charge in [0.15, 0.2) is 0 Å². The van der Waals surface area contributed by atoms with Gasteiger partial charge in [-0.3, -0.25) is 4.90 Å². The van der Waals surface area contributed by atoms with Gasteiger partial charge in [-0.05, 0) is 56.4 Å². The van der Waals surface area contributed by atoms with E-state index in [1.54, 1.807) is 0 Å². The summed E-state index contributed by atoms with van der Waals surface area (Å²) in [6.45, 7) is 14.7. The second kappa shape index (κ2) is 7.26. The normalized spacial score (nSPS) is 39.3. The summed E-state index contributed by atoms with van der Waals surface area (Å²) < 4.78 is 0. The first-order chi connectivity index (χ1) is 9.54. The van der Waals surface area contributed by atoms with Crippen molar-refractivity contribution in [3.8, 4) is 0 Å². The molecule has 1 aliphatic heterocycles. The molecule has 20 heavy (non-hydrogen) atoms. The minimum Gasteiger partial charge on any atom is -0.316 e. The molecule has 0 radical (unpaired) electrons. The van der Waals surface area contributed by atoms with Gasteiger partial charge in [0, 0.05) is 25.7 Å². The number of rotatable bonds is 6. The predicted octanol–water partition coefficient (Wildman–Crippen LogP) is 3.91. The SMILES string of the molecule is CCCNCC1(CN2CC(C)CC2C)CCCC(C)C1. The molecule has 1 saturated heterocycles. The van der Waals surface area contributed by atoms with Gasteiger partial charge in [-0.25, -0.2) is 0 Å². The van der Waals surface area contributed by atoms with Crippen molar-refractivity contribution in [2.75, 3.05) is 26.2 Å². The lowest BCUT2D eigenvalue weighted by Crippen LogP contribution is -2.47. The molecule has 0 spiro atoms. The molecule has 0 bridgehead atoms. The Kier molecular flexibility index (Phi) is 5.92. The molecule has 0 aromatic rings. The van der Waals surface area contributed by atoms with E-state index in [9.17, 15) is 0 Å². The Morgan fingerprint density at radius 1 is 1.20 bits per heavy atom. The van der Waals surface area contributed by atoms with Crippen LogP contribution in [0.25, 0.3) is 0 Å². The number of hydrogen-bond donors (Lipinski definition) is 1. The molecule has 2 heteroatoms. The Bertz CT molecular complexity index is 291. The highest BCUT2D eigenvalue weighted by Gasteiger charge is 2.39. The molecule has 0 amide bonds. The van der Waals surface area contributed by atoms with E-state index in [4.69, 9.17) is 0 Å². The Morgan fingerprint density at radius 2 is 2.00 bits per heavy atom. The maximum atomic E-state index is 3.74. The second-order valence-electron chi connectivity index (χ2n) is 8.00. The summed E-state index contributed by atoms with van der Waals surface area (Å²) in [5, 5.41) is 3.74. The number of nitrogens with one attached hydrogen (secondary N) is 1. The molecule has 4 atom stereocenters. The summed E-state index contributed by atoms with van der Waals surface area (Å²) in [6, 6.07) is 0.797. The third kappa shape index (κ3) is 4.21. The van der Waals surface area contributed by atoms with E-state index in [1.165, 1.54) is 64.7 Å². The van der Waals surface area contributed by atoms with E-state index in [-0.39, 0.29) is 0 Å². The monoisotopic (exact) mass is 280 g/mol. The van der Waals surface area contributed by atoms with Crippen LogP contribution in [-0.4, -0.2) is 37.1 Å². The standard InChI is InChI=1S/C18H36N2/c1-5-9-19-13-18(8-6-7-15(2)11-18)14-20-12-16(3)10-17(20)4/h15-17,19H,5-14H2,1-4H3. The van der Waals surface area contributed by atoms with Crippen molar-refractivity contribution in [3.05, 3.63) is 0 Å². The van der Waals surface area contributed by atoms with Crippen LogP contribution in [0.1, 0.15) is 66.2 Å². The van der Waals surface area contributed by atoms with E-state index in [1.807, 2.05) is 0 Å². The van der Waals surface area contributed by atoms with Gasteiger partial charge in [0.05, 0.1) is 0 Å². The third-order valence-electron chi connectivity index (χ3n) is 5.56. The van der Waals surface area contributed by atoms with Gasteiger partial charge >= 0.3 is 0 Å². The first kappa shape index (κ1) is 16.3. The van der Waals surface area contributed by atoms with Crippen LogP contribution in [0, 0.1) is 17.3 Å². The topological polar surface area (TPSA) is 15.3 Å². The smallest absolute Gasteiger partial charge is 0.00702 e. The Morgan fingerprint density at radius 3 is 2.60 bits per heavy atom. The molecule has 118 valence electrons. The van der Waals surface area contributed by atoms with Gasteiger partial charge in [-0.15, -0.1) is 0 Å². The lowest BCUT2D eigenvalue weighted by Gasteiger charge is -2.44. The van der Waals surface area contributed by atoms with Crippen LogP contribution in [0.5, 0.6) is 0 Å². The molecular formula is C18H36N2. The fourth-order valence-corrected chi connectivity index (χ4v) is 4.70. The second-order valence-corrected chi connectivity index (χ2v) is 8.00. The molecule has 1 heterocycles. The molecule has 4 unspecified atom stereocenters. The average molecular weight is 280 g/mol.